The minimum atomic E-state index is -1.37. The lowest BCUT2D eigenvalue weighted by Gasteiger charge is -2.60. The number of fused-ring (bicyclic) bond motifs is 7. The second-order valence-electron chi connectivity index (χ2n) is 11.0. The van der Waals surface area contributed by atoms with Crippen molar-refractivity contribution in [3.05, 3.63) is 23.8 Å². The molecule has 5 aliphatic rings. The molecule has 0 aromatic rings. The van der Waals surface area contributed by atoms with Crippen LogP contribution in [0.15, 0.2) is 23.8 Å². The van der Waals surface area contributed by atoms with E-state index in [-0.39, 0.29) is 36.4 Å². The molecule has 7 heteroatoms. The van der Waals surface area contributed by atoms with Gasteiger partial charge in [-0.15, -0.1) is 0 Å². The summed E-state index contributed by atoms with van der Waals surface area (Å²) in [7, 11) is 0. The largest absolute Gasteiger partial charge is 0.393 e. The molecule has 6 nitrogen and oxygen atoms in total. The van der Waals surface area contributed by atoms with Crippen molar-refractivity contribution >= 4 is 11.6 Å². The van der Waals surface area contributed by atoms with Crippen molar-refractivity contribution in [2.24, 2.45) is 28.6 Å². The first kappa shape index (κ1) is 21.4. The van der Waals surface area contributed by atoms with Crippen molar-refractivity contribution in [2.45, 2.75) is 76.7 Å². The molecule has 170 valence electrons. The van der Waals surface area contributed by atoms with Crippen LogP contribution in [0.25, 0.3) is 0 Å². The Morgan fingerprint density at radius 2 is 1.97 bits per heavy atom. The Hall–Kier alpha value is -1.41. The van der Waals surface area contributed by atoms with E-state index in [2.05, 4.69) is 0 Å². The second kappa shape index (κ2) is 6.34. The first-order valence-electron chi connectivity index (χ1n) is 11.2. The molecule has 31 heavy (non-hydrogen) atoms. The Morgan fingerprint density at radius 1 is 1.26 bits per heavy atom. The predicted octanol–water partition coefficient (Wildman–Crippen LogP) is 2.27. The quantitative estimate of drug-likeness (QED) is 0.693. The van der Waals surface area contributed by atoms with Crippen LogP contribution < -0.4 is 0 Å². The van der Waals surface area contributed by atoms with Crippen molar-refractivity contribution in [2.75, 3.05) is 6.61 Å². The maximum atomic E-state index is 15.4. The number of hydrogen-bond acceptors (Lipinski definition) is 6. The Kier molecular flexibility index (Phi) is 4.38. The van der Waals surface area contributed by atoms with Crippen molar-refractivity contribution in [1.82, 2.24) is 0 Å². The Labute approximate surface area is 181 Å². The molecule has 0 radical (unpaired) electrons. The number of rotatable bonds is 2. The minimum Gasteiger partial charge on any atom is -0.393 e. The van der Waals surface area contributed by atoms with Gasteiger partial charge in [0.1, 0.15) is 12.8 Å². The Morgan fingerprint density at radius 3 is 2.65 bits per heavy atom. The van der Waals surface area contributed by atoms with Crippen LogP contribution in [0.1, 0.15) is 47.0 Å². The van der Waals surface area contributed by atoms with Gasteiger partial charge in [-0.1, -0.05) is 19.9 Å². The second-order valence-corrected chi connectivity index (χ2v) is 11.0. The lowest BCUT2D eigenvalue weighted by molar-refractivity contribution is -0.226. The van der Waals surface area contributed by atoms with Gasteiger partial charge in [0, 0.05) is 16.7 Å². The molecule has 4 aliphatic carbocycles. The summed E-state index contributed by atoms with van der Waals surface area (Å²) in [5, 5.41) is 21.3. The number of allylic oxidation sites excluding steroid dienone is 4. The number of hydrogen-bond donors (Lipinski definition) is 2. The van der Waals surface area contributed by atoms with E-state index in [9.17, 15) is 19.8 Å². The van der Waals surface area contributed by atoms with E-state index >= 15 is 4.39 Å². The molecule has 0 spiro atoms. The average molecular weight is 435 g/mol. The van der Waals surface area contributed by atoms with Crippen LogP contribution in [0.2, 0.25) is 0 Å². The minimum absolute atomic E-state index is 0.125. The Balaban J connectivity index is 1.62. The maximum absolute atomic E-state index is 15.4. The van der Waals surface area contributed by atoms with Crippen LogP contribution in [0.5, 0.6) is 0 Å². The summed E-state index contributed by atoms with van der Waals surface area (Å²) < 4.78 is 27.9. The molecule has 2 N–H and O–H groups in total. The third-order valence-corrected chi connectivity index (χ3v) is 9.03. The molecule has 0 unspecified atom stereocenters. The van der Waals surface area contributed by atoms with Crippen LogP contribution in [-0.4, -0.2) is 58.2 Å². The van der Waals surface area contributed by atoms with E-state index in [1.54, 1.807) is 19.9 Å². The summed E-state index contributed by atoms with van der Waals surface area (Å²) >= 11 is 0. The predicted molar refractivity (Wildman–Crippen MR) is 109 cm³/mol. The van der Waals surface area contributed by atoms with Gasteiger partial charge in [-0.2, -0.15) is 0 Å². The number of ether oxygens (including phenoxy) is 2. The van der Waals surface area contributed by atoms with Gasteiger partial charge < -0.3 is 19.7 Å². The molecule has 4 fully saturated rings. The van der Waals surface area contributed by atoms with E-state index in [1.165, 1.54) is 12.2 Å². The zero-order valence-corrected chi connectivity index (χ0v) is 18.4. The highest BCUT2D eigenvalue weighted by molar-refractivity contribution is 6.01. The van der Waals surface area contributed by atoms with Gasteiger partial charge in [-0.3, -0.25) is 9.59 Å². The van der Waals surface area contributed by atoms with E-state index in [0.717, 1.165) is 0 Å². The van der Waals surface area contributed by atoms with Crippen LogP contribution in [0, 0.1) is 28.6 Å². The Bertz CT molecular complexity index is 910. The summed E-state index contributed by atoms with van der Waals surface area (Å²) in [4.78, 5) is 25.1. The number of aliphatic hydroxyl groups is 2. The summed E-state index contributed by atoms with van der Waals surface area (Å²) in [6.07, 6.45) is 2.90. The average Bonchev–Trinajstić information content (AvgIpc) is 3.08. The molecule has 3 saturated carbocycles. The molecular formula is C24H31FO6. The van der Waals surface area contributed by atoms with Gasteiger partial charge in [0.05, 0.1) is 12.2 Å². The number of carbonyl (C=O) groups excluding carboxylic acids is 2. The zero-order chi connectivity index (χ0) is 22.6. The molecular weight excluding hydrogens is 403 g/mol. The van der Waals surface area contributed by atoms with Crippen LogP contribution in [-0.2, 0) is 19.1 Å². The SMILES string of the molecule is CC1(C)O[C@H]2C[C@H]3[C@@H]4C[C@H](F)C5=CC(=O)C=C[C@]5(C)[C@H]4[C@@H](O)C[C@]3(C)[C@]2(C(=O)CO)O1. The van der Waals surface area contributed by atoms with Crippen LogP contribution in [0.3, 0.4) is 0 Å². The van der Waals surface area contributed by atoms with Gasteiger partial charge in [0.15, 0.2) is 23.0 Å². The molecule has 9 atom stereocenters. The fourth-order valence-electron chi connectivity index (χ4n) is 8.05. The summed E-state index contributed by atoms with van der Waals surface area (Å²) in [6.45, 7) is 6.65. The number of halogens is 1. The number of ketones is 2. The highest BCUT2D eigenvalue weighted by Crippen LogP contribution is 2.70. The molecule has 1 saturated heterocycles. The highest BCUT2D eigenvalue weighted by Gasteiger charge is 2.77. The molecule has 5 rings (SSSR count). The summed E-state index contributed by atoms with van der Waals surface area (Å²) in [6, 6.07) is 0. The van der Waals surface area contributed by atoms with E-state index in [0.29, 0.717) is 12.0 Å². The molecule has 0 aromatic carbocycles. The fraction of sp³-hybridized carbons (Fsp3) is 0.750. The van der Waals surface area contributed by atoms with Crippen LogP contribution >= 0.6 is 0 Å². The smallest absolute Gasteiger partial charge is 0.193 e. The first-order chi connectivity index (χ1) is 14.4. The zero-order valence-electron chi connectivity index (χ0n) is 18.4. The molecule has 0 bridgehead atoms. The van der Waals surface area contributed by atoms with Crippen LogP contribution in [0.4, 0.5) is 4.39 Å². The van der Waals surface area contributed by atoms with Gasteiger partial charge in [-0.05, 0) is 62.7 Å². The number of Topliss-reactive ketones (excluding diaryl/α,β-unsaturated/α-hetero) is 1. The lowest BCUT2D eigenvalue weighted by Crippen LogP contribution is -2.64. The van der Waals surface area contributed by atoms with E-state index < -0.39 is 53.0 Å². The molecule has 0 aromatic heterocycles. The van der Waals surface area contributed by atoms with Crippen molar-refractivity contribution in [1.29, 1.82) is 0 Å². The number of aliphatic hydroxyl groups excluding tert-OH is 2. The third-order valence-electron chi connectivity index (χ3n) is 9.03. The fourth-order valence-corrected chi connectivity index (χ4v) is 8.05. The first-order valence-corrected chi connectivity index (χ1v) is 11.2. The summed E-state index contributed by atoms with van der Waals surface area (Å²) in [5.41, 5.74) is -2.50. The van der Waals surface area contributed by atoms with Crippen molar-refractivity contribution in [3.8, 4) is 0 Å². The summed E-state index contributed by atoms with van der Waals surface area (Å²) in [5.74, 6) is -2.28. The third kappa shape index (κ3) is 2.52. The number of carbonyl (C=O) groups is 2. The van der Waals surface area contributed by atoms with Crippen molar-refractivity contribution in [3.63, 3.8) is 0 Å². The van der Waals surface area contributed by atoms with Gasteiger partial charge in [0.2, 0.25) is 0 Å². The molecule has 1 aliphatic heterocycles. The molecule has 1 heterocycles. The normalized spacial score (nSPS) is 52.1. The topological polar surface area (TPSA) is 93.1 Å². The molecule has 0 amide bonds. The van der Waals surface area contributed by atoms with Crippen molar-refractivity contribution < 1.29 is 33.7 Å². The van der Waals surface area contributed by atoms with E-state index in [4.69, 9.17) is 9.47 Å². The monoisotopic (exact) mass is 434 g/mol. The van der Waals surface area contributed by atoms with E-state index in [1.807, 2.05) is 13.8 Å². The maximum Gasteiger partial charge on any atom is 0.193 e. The van der Waals surface area contributed by atoms with Gasteiger partial charge >= 0.3 is 0 Å². The lowest BCUT2D eigenvalue weighted by atomic mass is 9.46. The standard InChI is InChI=1S/C24H31FO6/c1-21(2)30-19-9-14-13-8-16(25)15-7-12(27)5-6-22(15,3)20(13)17(28)10-23(14,4)24(19,31-21)18(29)11-26/h5-7,13-14,16-17,19-20,26,28H,8-11H2,1-4H3/t13-,14-,16-,17-,19-,20+,22-,23-,24+/m0/s1. The van der Waals surface area contributed by atoms with Gasteiger partial charge in [0.25, 0.3) is 0 Å². The number of alkyl halides is 1. The highest BCUT2D eigenvalue weighted by atomic mass is 19.1. The van der Waals surface area contributed by atoms with Gasteiger partial charge in [-0.25, -0.2) is 4.39 Å².